The number of carbonyl (C=O) groups is 2. The molecule has 2 aromatic carbocycles. The predicted octanol–water partition coefficient (Wildman–Crippen LogP) is 3.16. The Morgan fingerprint density at radius 2 is 1.84 bits per heavy atom. The van der Waals surface area contributed by atoms with Crippen LogP contribution in [0.1, 0.15) is 17.2 Å². The van der Waals surface area contributed by atoms with E-state index in [4.69, 9.17) is 11.6 Å². The Labute approximate surface area is 155 Å². The van der Waals surface area contributed by atoms with Crippen molar-refractivity contribution in [2.75, 3.05) is 18.1 Å². The SMILES string of the molecule is CSc1ccc(C(O)CNC(=O)C(=O)Nc2cc(Cl)ccc2C)cc1. The third kappa shape index (κ3) is 5.49. The third-order valence-electron chi connectivity index (χ3n) is 3.61. The number of aliphatic hydroxyl groups is 1. The lowest BCUT2D eigenvalue weighted by Gasteiger charge is -2.13. The van der Waals surface area contributed by atoms with Crippen molar-refractivity contribution >= 4 is 40.9 Å². The lowest BCUT2D eigenvalue weighted by Crippen LogP contribution is -2.37. The molecule has 0 aliphatic carbocycles. The molecular formula is C18H19ClN2O3S. The van der Waals surface area contributed by atoms with Gasteiger partial charge in [0, 0.05) is 22.2 Å². The first-order chi connectivity index (χ1) is 11.9. The van der Waals surface area contributed by atoms with Crippen molar-refractivity contribution < 1.29 is 14.7 Å². The standard InChI is InChI=1S/C18H19ClN2O3S/c1-11-3-6-13(19)9-15(11)21-18(24)17(23)20-10-16(22)12-4-7-14(25-2)8-5-12/h3-9,16,22H,10H2,1-2H3,(H,20,23)(H,21,24). The fraction of sp³-hybridized carbons (Fsp3) is 0.222. The monoisotopic (exact) mass is 378 g/mol. The number of aliphatic hydroxyl groups excluding tert-OH is 1. The fourth-order valence-corrected chi connectivity index (χ4v) is 2.70. The van der Waals surface area contributed by atoms with Crippen molar-refractivity contribution in [1.82, 2.24) is 5.32 Å². The van der Waals surface area contributed by atoms with Crippen LogP contribution in [0.2, 0.25) is 5.02 Å². The maximum absolute atomic E-state index is 12.0. The van der Waals surface area contributed by atoms with Gasteiger partial charge in [-0.25, -0.2) is 0 Å². The molecule has 0 saturated carbocycles. The van der Waals surface area contributed by atoms with Crippen molar-refractivity contribution in [1.29, 1.82) is 0 Å². The number of hydrogen-bond acceptors (Lipinski definition) is 4. The van der Waals surface area contributed by atoms with Crippen LogP contribution in [0, 0.1) is 6.92 Å². The number of benzene rings is 2. The molecule has 0 aliphatic rings. The average molecular weight is 379 g/mol. The zero-order chi connectivity index (χ0) is 18.4. The molecule has 0 fully saturated rings. The number of thioether (sulfide) groups is 1. The predicted molar refractivity (Wildman–Crippen MR) is 101 cm³/mol. The van der Waals surface area contributed by atoms with Gasteiger partial charge in [0.1, 0.15) is 0 Å². The minimum absolute atomic E-state index is 0.0562. The van der Waals surface area contributed by atoms with Crippen molar-refractivity contribution in [3.05, 3.63) is 58.6 Å². The smallest absolute Gasteiger partial charge is 0.313 e. The summed E-state index contributed by atoms with van der Waals surface area (Å²) < 4.78 is 0. The molecule has 0 bridgehead atoms. The lowest BCUT2D eigenvalue weighted by atomic mass is 10.1. The number of halogens is 1. The molecule has 7 heteroatoms. The van der Waals surface area contributed by atoms with E-state index in [1.54, 1.807) is 49.0 Å². The lowest BCUT2D eigenvalue weighted by molar-refractivity contribution is -0.136. The summed E-state index contributed by atoms with van der Waals surface area (Å²) in [5.41, 5.74) is 1.93. The summed E-state index contributed by atoms with van der Waals surface area (Å²) >= 11 is 7.49. The molecule has 25 heavy (non-hydrogen) atoms. The van der Waals surface area contributed by atoms with Crippen molar-refractivity contribution in [3.63, 3.8) is 0 Å². The molecule has 0 aliphatic heterocycles. The molecule has 2 amide bonds. The Morgan fingerprint density at radius 1 is 1.16 bits per heavy atom. The van der Waals surface area contributed by atoms with Gasteiger partial charge in [0.25, 0.3) is 0 Å². The molecule has 1 unspecified atom stereocenters. The molecule has 0 heterocycles. The molecule has 5 nitrogen and oxygen atoms in total. The highest BCUT2D eigenvalue weighted by Crippen LogP contribution is 2.20. The van der Waals surface area contributed by atoms with Gasteiger partial charge < -0.3 is 15.7 Å². The van der Waals surface area contributed by atoms with Crippen LogP contribution in [0.3, 0.4) is 0 Å². The quantitative estimate of drug-likeness (QED) is 0.551. The molecule has 0 aromatic heterocycles. The van der Waals surface area contributed by atoms with E-state index in [9.17, 15) is 14.7 Å². The van der Waals surface area contributed by atoms with Crippen LogP contribution in [-0.2, 0) is 9.59 Å². The number of hydrogen-bond donors (Lipinski definition) is 3. The van der Waals surface area contributed by atoms with Gasteiger partial charge >= 0.3 is 11.8 Å². The van der Waals surface area contributed by atoms with Crippen molar-refractivity contribution in [2.45, 2.75) is 17.9 Å². The van der Waals surface area contributed by atoms with Gasteiger partial charge in [0.05, 0.1) is 6.10 Å². The maximum atomic E-state index is 12.0. The van der Waals surface area contributed by atoms with Crippen LogP contribution >= 0.6 is 23.4 Å². The molecule has 0 radical (unpaired) electrons. The summed E-state index contributed by atoms with van der Waals surface area (Å²) in [6.07, 6.45) is 1.08. The Morgan fingerprint density at radius 3 is 2.48 bits per heavy atom. The summed E-state index contributed by atoms with van der Waals surface area (Å²) in [5.74, 6) is -1.63. The average Bonchev–Trinajstić information content (AvgIpc) is 2.62. The first-order valence-corrected chi connectivity index (χ1v) is 9.18. The Kier molecular flexibility index (Phi) is 6.87. The number of aryl methyl sites for hydroxylation is 1. The minimum Gasteiger partial charge on any atom is -0.387 e. The Balaban J connectivity index is 1.90. The van der Waals surface area contributed by atoms with E-state index in [2.05, 4.69) is 10.6 Å². The largest absolute Gasteiger partial charge is 0.387 e. The van der Waals surface area contributed by atoms with E-state index < -0.39 is 17.9 Å². The summed E-state index contributed by atoms with van der Waals surface area (Å²) in [6, 6.07) is 12.4. The zero-order valence-corrected chi connectivity index (χ0v) is 15.4. The van der Waals surface area contributed by atoms with Gasteiger partial charge in [-0.1, -0.05) is 29.8 Å². The van der Waals surface area contributed by atoms with E-state index in [1.165, 1.54) is 0 Å². The minimum atomic E-state index is -0.888. The first-order valence-electron chi connectivity index (χ1n) is 7.58. The normalized spacial score (nSPS) is 11.7. The van der Waals surface area contributed by atoms with Gasteiger partial charge in [-0.3, -0.25) is 9.59 Å². The van der Waals surface area contributed by atoms with Gasteiger partial charge in [-0.2, -0.15) is 0 Å². The summed E-state index contributed by atoms with van der Waals surface area (Å²) in [6.45, 7) is 1.74. The molecule has 3 N–H and O–H groups in total. The summed E-state index contributed by atoms with van der Waals surface area (Å²) in [5, 5.41) is 15.5. The number of carbonyl (C=O) groups excluding carboxylic acids is 2. The van der Waals surface area contributed by atoms with Crippen LogP contribution in [0.25, 0.3) is 0 Å². The number of nitrogens with one attached hydrogen (secondary N) is 2. The molecule has 2 rings (SSSR count). The number of amides is 2. The van der Waals surface area contributed by atoms with E-state index in [0.717, 1.165) is 10.5 Å². The van der Waals surface area contributed by atoms with Crippen LogP contribution < -0.4 is 10.6 Å². The van der Waals surface area contributed by atoms with Gasteiger partial charge in [-0.15, -0.1) is 11.8 Å². The molecule has 0 spiro atoms. The summed E-state index contributed by atoms with van der Waals surface area (Å²) in [7, 11) is 0. The molecule has 1 atom stereocenters. The second kappa shape index (κ2) is 8.89. The Hall–Kier alpha value is -2.02. The second-order valence-corrected chi connectivity index (χ2v) is 6.73. The highest BCUT2D eigenvalue weighted by molar-refractivity contribution is 7.98. The van der Waals surface area contributed by atoms with E-state index in [-0.39, 0.29) is 6.54 Å². The van der Waals surface area contributed by atoms with Gasteiger partial charge in [-0.05, 0) is 48.6 Å². The van der Waals surface area contributed by atoms with Crippen LogP contribution in [0.15, 0.2) is 47.4 Å². The van der Waals surface area contributed by atoms with Gasteiger partial charge in [0.15, 0.2) is 0 Å². The van der Waals surface area contributed by atoms with Crippen molar-refractivity contribution in [3.8, 4) is 0 Å². The Bertz CT molecular complexity index is 765. The van der Waals surface area contributed by atoms with E-state index >= 15 is 0 Å². The van der Waals surface area contributed by atoms with Crippen LogP contribution in [-0.4, -0.2) is 29.7 Å². The van der Waals surface area contributed by atoms with Gasteiger partial charge in [0.2, 0.25) is 0 Å². The van der Waals surface area contributed by atoms with E-state index in [0.29, 0.717) is 16.3 Å². The summed E-state index contributed by atoms with van der Waals surface area (Å²) in [4.78, 5) is 24.9. The molecule has 2 aromatic rings. The van der Waals surface area contributed by atoms with Crippen LogP contribution in [0.5, 0.6) is 0 Å². The number of anilines is 1. The zero-order valence-electron chi connectivity index (χ0n) is 13.9. The van der Waals surface area contributed by atoms with Crippen LogP contribution in [0.4, 0.5) is 5.69 Å². The number of rotatable bonds is 5. The molecule has 0 saturated heterocycles. The highest BCUT2D eigenvalue weighted by Gasteiger charge is 2.17. The van der Waals surface area contributed by atoms with Crippen molar-refractivity contribution in [2.24, 2.45) is 0 Å². The topological polar surface area (TPSA) is 78.4 Å². The molecule has 132 valence electrons. The molecular weight excluding hydrogens is 360 g/mol. The fourth-order valence-electron chi connectivity index (χ4n) is 2.12. The van der Waals surface area contributed by atoms with E-state index in [1.807, 2.05) is 18.4 Å². The highest BCUT2D eigenvalue weighted by atomic mass is 35.5. The third-order valence-corrected chi connectivity index (χ3v) is 4.59. The second-order valence-electron chi connectivity index (χ2n) is 5.41. The first kappa shape index (κ1) is 19.3. The maximum Gasteiger partial charge on any atom is 0.313 e.